The fourth-order valence-corrected chi connectivity index (χ4v) is 3.00. The summed E-state index contributed by atoms with van der Waals surface area (Å²) in [5.74, 6) is 0.525. The Balaban J connectivity index is 2.17. The molecule has 19 heavy (non-hydrogen) atoms. The van der Waals surface area contributed by atoms with Gasteiger partial charge in [0.1, 0.15) is 18.0 Å². The van der Waals surface area contributed by atoms with Crippen molar-refractivity contribution >= 4 is 32.7 Å². The van der Waals surface area contributed by atoms with Crippen LogP contribution < -0.4 is 10.2 Å². The van der Waals surface area contributed by atoms with E-state index in [4.69, 9.17) is 0 Å². The van der Waals surface area contributed by atoms with Crippen molar-refractivity contribution in [2.75, 3.05) is 24.5 Å². The minimum absolute atomic E-state index is 0.279. The molecule has 3 rings (SSSR count). The number of aromatic nitrogens is 2. The maximum Gasteiger partial charge on any atom is 0.140 e. The molecule has 1 aromatic heterocycles. The van der Waals surface area contributed by atoms with Gasteiger partial charge in [-0.3, -0.25) is 0 Å². The van der Waals surface area contributed by atoms with Crippen LogP contribution in [-0.4, -0.2) is 35.6 Å². The number of hydrogen-bond donors (Lipinski definition) is 1. The minimum Gasteiger partial charge on any atom is -0.351 e. The van der Waals surface area contributed by atoms with Crippen LogP contribution in [0.5, 0.6) is 0 Å². The van der Waals surface area contributed by atoms with E-state index in [2.05, 4.69) is 43.0 Å². The van der Waals surface area contributed by atoms with Gasteiger partial charge in [0.25, 0.3) is 0 Å². The summed E-state index contributed by atoms with van der Waals surface area (Å²) in [5.41, 5.74) is 0.747. The van der Waals surface area contributed by atoms with Crippen molar-refractivity contribution in [1.29, 1.82) is 0 Å². The summed E-state index contributed by atoms with van der Waals surface area (Å²) in [7, 11) is 0. The average Bonchev–Trinajstić information content (AvgIpc) is 2.39. The van der Waals surface area contributed by atoms with Gasteiger partial charge in [-0.05, 0) is 35.0 Å². The second kappa shape index (κ2) is 5.02. The van der Waals surface area contributed by atoms with Crippen LogP contribution in [0.2, 0.25) is 0 Å². The summed E-state index contributed by atoms with van der Waals surface area (Å²) in [6.07, 6.45) is 1.54. The lowest BCUT2D eigenvalue weighted by atomic mass is 10.1. The molecular formula is C13H14BrFN4. The van der Waals surface area contributed by atoms with Gasteiger partial charge in [-0.25, -0.2) is 14.4 Å². The molecule has 0 spiro atoms. The van der Waals surface area contributed by atoms with E-state index in [1.54, 1.807) is 0 Å². The highest BCUT2D eigenvalue weighted by Gasteiger charge is 2.22. The lowest BCUT2D eigenvalue weighted by molar-refractivity contribution is 0.498. The third-order valence-electron chi connectivity index (χ3n) is 3.41. The molecule has 1 N–H and O–H groups in total. The zero-order chi connectivity index (χ0) is 13.4. The molecule has 0 bridgehead atoms. The largest absolute Gasteiger partial charge is 0.351 e. The predicted molar refractivity (Wildman–Crippen MR) is 76.9 cm³/mol. The van der Waals surface area contributed by atoms with Crippen molar-refractivity contribution in [2.24, 2.45) is 0 Å². The van der Waals surface area contributed by atoms with E-state index in [0.29, 0.717) is 10.5 Å². The molecular weight excluding hydrogens is 311 g/mol. The van der Waals surface area contributed by atoms with E-state index < -0.39 is 0 Å². The first-order valence-electron chi connectivity index (χ1n) is 6.24. The van der Waals surface area contributed by atoms with Crippen molar-refractivity contribution in [2.45, 2.75) is 13.0 Å². The van der Waals surface area contributed by atoms with E-state index in [1.807, 2.05) is 0 Å². The maximum atomic E-state index is 13.6. The second-order valence-electron chi connectivity index (χ2n) is 4.73. The molecule has 1 aromatic carbocycles. The lowest BCUT2D eigenvalue weighted by Crippen LogP contribution is -2.50. The second-order valence-corrected chi connectivity index (χ2v) is 5.58. The summed E-state index contributed by atoms with van der Waals surface area (Å²) < 4.78 is 14.3. The summed E-state index contributed by atoms with van der Waals surface area (Å²) in [4.78, 5) is 10.8. The van der Waals surface area contributed by atoms with E-state index in [1.165, 1.54) is 18.5 Å². The summed E-state index contributed by atoms with van der Waals surface area (Å²) in [5, 5.41) is 4.09. The third-order valence-corrected chi connectivity index (χ3v) is 4.01. The molecule has 0 amide bonds. The molecule has 1 aliphatic heterocycles. The number of piperazine rings is 1. The van der Waals surface area contributed by atoms with E-state index in [0.717, 1.165) is 36.4 Å². The van der Waals surface area contributed by atoms with E-state index >= 15 is 0 Å². The average molecular weight is 325 g/mol. The number of fused-ring (bicyclic) bond motifs is 1. The number of rotatable bonds is 1. The number of nitrogens with zero attached hydrogens (tertiary/aromatic N) is 3. The fraction of sp³-hybridized carbons (Fsp3) is 0.385. The molecule has 100 valence electrons. The van der Waals surface area contributed by atoms with Crippen LogP contribution in [0, 0.1) is 5.82 Å². The molecule has 0 unspecified atom stereocenters. The molecule has 0 radical (unpaired) electrons. The van der Waals surface area contributed by atoms with Crippen molar-refractivity contribution in [3.05, 3.63) is 28.7 Å². The first kappa shape index (κ1) is 12.7. The number of nitrogens with one attached hydrogen (secondary N) is 1. The van der Waals surface area contributed by atoms with Crippen molar-refractivity contribution in [3.8, 4) is 0 Å². The predicted octanol–water partition coefficient (Wildman–Crippen LogP) is 2.33. The normalized spacial score (nSPS) is 19.9. The van der Waals surface area contributed by atoms with Gasteiger partial charge < -0.3 is 10.2 Å². The number of benzene rings is 1. The van der Waals surface area contributed by atoms with Gasteiger partial charge in [-0.15, -0.1) is 0 Å². The van der Waals surface area contributed by atoms with Crippen molar-refractivity contribution in [3.63, 3.8) is 0 Å². The molecule has 1 fully saturated rings. The molecule has 1 aliphatic rings. The molecule has 4 nitrogen and oxygen atoms in total. The number of anilines is 1. The Hall–Kier alpha value is -1.27. The Labute approximate surface area is 119 Å². The highest BCUT2D eigenvalue weighted by atomic mass is 79.9. The Morgan fingerprint density at radius 2 is 2.26 bits per heavy atom. The van der Waals surface area contributed by atoms with Crippen molar-refractivity contribution < 1.29 is 4.39 Å². The van der Waals surface area contributed by atoms with Crippen molar-refractivity contribution in [1.82, 2.24) is 15.3 Å². The lowest BCUT2D eigenvalue weighted by Gasteiger charge is -2.35. The highest BCUT2D eigenvalue weighted by molar-refractivity contribution is 9.10. The minimum atomic E-state index is -0.279. The standard InChI is InChI=1S/C13H14BrFN4/c1-8-6-16-2-3-19(8)13-10-4-9(15)5-11(14)12(10)17-7-18-13/h4-5,7-8,16H,2-3,6H2,1H3/t8-/m1/s1. The van der Waals surface area contributed by atoms with Gasteiger partial charge in [0.2, 0.25) is 0 Å². The Bertz CT molecular complexity index is 619. The van der Waals surface area contributed by atoms with Crippen LogP contribution >= 0.6 is 15.9 Å². The van der Waals surface area contributed by atoms with Crippen LogP contribution in [0.1, 0.15) is 6.92 Å². The van der Waals surface area contributed by atoms with Gasteiger partial charge in [0.05, 0.1) is 5.52 Å². The zero-order valence-electron chi connectivity index (χ0n) is 10.5. The van der Waals surface area contributed by atoms with E-state index in [-0.39, 0.29) is 5.82 Å². The molecule has 2 heterocycles. The Morgan fingerprint density at radius 3 is 3.05 bits per heavy atom. The maximum absolute atomic E-state index is 13.6. The van der Waals surface area contributed by atoms with Crippen LogP contribution in [0.4, 0.5) is 10.2 Å². The summed E-state index contributed by atoms with van der Waals surface area (Å²) in [6.45, 7) is 4.81. The van der Waals surface area contributed by atoms with Gasteiger partial charge in [-0.2, -0.15) is 0 Å². The van der Waals surface area contributed by atoms with Crippen LogP contribution in [-0.2, 0) is 0 Å². The van der Waals surface area contributed by atoms with Gasteiger partial charge in [-0.1, -0.05) is 0 Å². The zero-order valence-corrected chi connectivity index (χ0v) is 12.1. The first-order chi connectivity index (χ1) is 9.16. The Kier molecular flexibility index (Phi) is 3.36. The topological polar surface area (TPSA) is 41.0 Å². The Morgan fingerprint density at radius 1 is 1.42 bits per heavy atom. The highest BCUT2D eigenvalue weighted by Crippen LogP contribution is 2.30. The fourth-order valence-electron chi connectivity index (χ4n) is 2.46. The number of halogens is 2. The van der Waals surface area contributed by atoms with Crippen LogP contribution in [0.15, 0.2) is 22.9 Å². The van der Waals surface area contributed by atoms with Crippen LogP contribution in [0.25, 0.3) is 10.9 Å². The molecule has 0 saturated carbocycles. The van der Waals surface area contributed by atoms with Gasteiger partial charge in [0.15, 0.2) is 0 Å². The number of hydrogen-bond acceptors (Lipinski definition) is 4. The first-order valence-corrected chi connectivity index (χ1v) is 7.03. The molecule has 2 aromatic rings. The van der Waals surface area contributed by atoms with Crippen LogP contribution in [0.3, 0.4) is 0 Å². The molecule has 1 atom stereocenters. The SMILES string of the molecule is C[C@@H]1CNCCN1c1ncnc2c(Br)cc(F)cc12. The van der Waals surface area contributed by atoms with E-state index in [9.17, 15) is 4.39 Å². The quantitative estimate of drug-likeness (QED) is 0.874. The molecule has 6 heteroatoms. The summed E-state index contributed by atoms with van der Waals surface area (Å²) in [6, 6.07) is 3.26. The smallest absolute Gasteiger partial charge is 0.140 e. The molecule has 1 saturated heterocycles. The van der Waals surface area contributed by atoms with Gasteiger partial charge in [0, 0.05) is 35.5 Å². The molecule has 0 aliphatic carbocycles. The summed E-state index contributed by atoms with van der Waals surface area (Å²) >= 11 is 3.36. The monoisotopic (exact) mass is 324 g/mol. The third kappa shape index (κ3) is 2.30. The van der Waals surface area contributed by atoms with Gasteiger partial charge >= 0.3 is 0 Å².